The summed E-state index contributed by atoms with van der Waals surface area (Å²) in [7, 11) is 0. The maximum atomic E-state index is 13.5. The van der Waals surface area contributed by atoms with E-state index in [2.05, 4.69) is 4.98 Å². The lowest BCUT2D eigenvalue weighted by atomic mass is 10.2. The number of rotatable bonds is 2. The molecule has 5 heteroatoms. The molecule has 1 aromatic carbocycles. The Kier molecular flexibility index (Phi) is 3.22. The van der Waals surface area contributed by atoms with Crippen LogP contribution >= 0.6 is 11.3 Å². The molecule has 1 aromatic heterocycles. The highest BCUT2D eigenvalue weighted by atomic mass is 32.1. The van der Waals surface area contributed by atoms with E-state index in [-0.39, 0.29) is 10.6 Å². The Balaban J connectivity index is 2.58. The fourth-order valence-electron chi connectivity index (χ4n) is 1.60. The molecule has 1 atom stereocenters. The van der Waals surface area contributed by atoms with Gasteiger partial charge in [0, 0.05) is 0 Å². The second-order valence-electron chi connectivity index (χ2n) is 3.74. The minimum atomic E-state index is -0.684. The van der Waals surface area contributed by atoms with E-state index in [1.54, 1.807) is 13.8 Å². The zero-order chi connectivity index (χ0) is 12.6. The number of hydrogen-bond donors (Lipinski definition) is 1. The fourth-order valence-corrected chi connectivity index (χ4v) is 2.66. The van der Waals surface area contributed by atoms with Gasteiger partial charge >= 0.3 is 0 Å². The van der Waals surface area contributed by atoms with Gasteiger partial charge < -0.3 is 5.11 Å². The van der Waals surface area contributed by atoms with Gasteiger partial charge in [0.25, 0.3) is 0 Å². The summed E-state index contributed by atoms with van der Waals surface area (Å²) in [6.45, 7) is 3.31. The lowest BCUT2D eigenvalue weighted by Crippen LogP contribution is -1.89. The summed E-state index contributed by atoms with van der Waals surface area (Å²) in [6, 6.07) is 3.69. The smallest absolute Gasteiger partial charge is 0.136 e. The van der Waals surface area contributed by atoms with Crippen molar-refractivity contribution in [1.29, 1.82) is 0 Å². The monoisotopic (exact) mass is 255 g/mol. The molecule has 0 saturated carbocycles. The van der Waals surface area contributed by atoms with E-state index < -0.39 is 17.7 Å². The molecular formula is C12H11F2NOS. The largest absolute Gasteiger partial charge is 0.388 e. The molecule has 17 heavy (non-hydrogen) atoms. The second-order valence-corrected chi connectivity index (χ2v) is 4.77. The summed E-state index contributed by atoms with van der Waals surface area (Å²) in [5.74, 6) is -1.29. The molecule has 0 aliphatic heterocycles. The average molecular weight is 255 g/mol. The Morgan fingerprint density at radius 1 is 1.29 bits per heavy atom. The molecule has 2 nitrogen and oxygen atoms in total. The van der Waals surface area contributed by atoms with E-state index in [1.165, 1.54) is 18.2 Å². The van der Waals surface area contributed by atoms with E-state index in [4.69, 9.17) is 0 Å². The number of aliphatic hydroxyl groups excluding tert-OH is 1. The number of benzene rings is 1. The molecule has 0 aliphatic rings. The molecule has 2 rings (SSSR count). The molecule has 0 amide bonds. The molecular weight excluding hydrogens is 244 g/mol. The van der Waals surface area contributed by atoms with Crippen molar-refractivity contribution in [1.82, 2.24) is 4.98 Å². The molecule has 1 N–H and O–H groups in total. The number of aliphatic hydroxyl groups is 1. The SMILES string of the molecule is Cc1nc(-c2c(F)cccc2F)sc1C(C)O. The number of aryl methyl sites for hydroxylation is 1. The standard InChI is InChI=1S/C12H11F2NOS/c1-6-11(7(2)16)17-12(15-6)10-8(13)4-3-5-9(10)14/h3-5,7,16H,1-2H3. The van der Waals surface area contributed by atoms with E-state index in [0.717, 1.165) is 11.3 Å². The first kappa shape index (κ1) is 12.1. The zero-order valence-corrected chi connectivity index (χ0v) is 10.2. The van der Waals surface area contributed by atoms with E-state index in [1.807, 2.05) is 0 Å². The van der Waals surface area contributed by atoms with E-state index >= 15 is 0 Å². The summed E-state index contributed by atoms with van der Waals surface area (Å²) in [6.07, 6.45) is -0.684. The molecule has 0 fully saturated rings. The Morgan fingerprint density at radius 2 is 1.88 bits per heavy atom. The molecule has 0 spiro atoms. The van der Waals surface area contributed by atoms with Crippen molar-refractivity contribution < 1.29 is 13.9 Å². The van der Waals surface area contributed by atoms with Crippen LogP contribution in [0, 0.1) is 18.6 Å². The van der Waals surface area contributed by atoms with Crippen LogP contribution in [0.2, 0.25) is 0 Å². The molecule has 2 aromatic rings. The third kappa shape index (κ3) is 2.21. The normalized spacial score (nSPS) is 12.8. The molecule has 1 heterocycles. The number of nitrogens with zero attached hydrogens (tertiary/aromatic N) is 1. The predicted molar refractivity (Wildman–Crippen MR) is 62.8 cm³/mol. The quantitative estimate of drug-likeness (QED) is 0.891. The molecule has 0 bridgehead atoms. The van der Waals surface area contributed by atoms with Crippen molar-refractivity contribution in [2.24, 2.45) is 0 Å². The minimum absolute atomic E-state index is 0.132. The molecule has 1 unspecified atom stereocenters. The maximum absolute atomic E-state index is 13.5. The molecule has 0 radical (unpaired) electrons. The molecule has 0 saturated heterocycles. The van der Waals surface area contributed by atoms with Crippen molar-refractivity contribution in [2.45, 2.75) is 20.0 Å². The number of halogens is 2. The highest BCUT2D eigenvalue weighted by molar-refractivity contribution is 7.15. The fraction of sp³-hybridized carbons (Fsp3) is 0.250. The van der Waals surface area contributed by atoms with Crippen LogP contribution in [0.25, 0.3) is 10.6 Å². The zero-order valence-electron chi connectivity index (χ0n) is 9.37. The van der Waals surface area contributed by atoms with Gasteiger partial charge in [0.1, 0.15) is 16.6 Å². The summed E-state index contributed by atoms with van der Waals surface area (Å²) in [5, 5.41) is 9.74. The van der Waals surface area contributed by atoms with Crippen molar-refractivity contribution >= 4 is 11.3 Å². The summed E-state index contributed by atoms with van der Waals surface area (Å²) in [4.78, 5) is 4.73. The third-order valence-corrected chi connectivity index (χ3v) is 3.73. The van der Waals surface area contributed by atoms with Crippen LogP contribution in [0.3, 0.4) is 0 Å². The number of thiazole rings is 1. The Hall–Kier alpha value is -1.33. The van der Waals surface area contributed by atoms with Crippen molar-refractivity contribution in [3.63, 3.8) is 0 Å². The minimum Gasteiger partial charge on any atom is -0.388 e. The number of hydrogen-bond acceptors (Lipinski definition) is 3. The maximum Gasteiger partial charge on any atom is 0.136 e. The van der Waals surface area contributed by atoms with Crippen LogP contribution < -0.4 is 0 Å². The second kappa shape index (κ2) is 4.50. The Labute approximate surface area is 102 Å². The summed E-state index contributed by atoms with van der Waals surface area (Å²) in [5.41, 5.74) is 0.468. The summed E-state index contributed by atoms with van der Waals surface area (Å²) >= 11 is 1.11. The van der Waals surface area contributed by atoms with Gasteiger partial charge in [-0.15, -0.1) is 11.3 Å². The predicted octanol–water partition coefficient (Wildman–Crippen LogP) is 3.45. The van der Waals surface area contributed by atoms with Crippen molar-refractivity contribution in [2.75, 3.05) is 0 Å². The van der Waals surface area contributed by atoms with Gasteiger partial charge in [-0.25, -0.2) is 13.8 Å². The van der Waals surface area contributed by atoms with E-state index in [9.17, 15) is 13.9 Å². The first-order valence-electron chi connectivity index (χ1n) is 5.10. The first-order chi connectivity index (χ1) is 8.00. The van der Waals surface area contributed by atoms with E-state index in [0.29, 0.717) is 10.6 Å². The van der Waals surface area contributed by atoms with Crippen LogP contribution in [0.1, 0.15) is 23.6 Å². The summed E-state index contributed by atoms with van der Waals surface area (Å²) < 4.78 is 27.1. The highest BCUT2D eigenvalue weighted by Gasteiger charge is 2.18. The van der Waals surface area contributed by atoms with Crippen LogP contribution in [0.5, 0.6) is 0 Å². The van der Waals surface area contributed by atoms with Crippen LogP contribution in [-0.2, 0) is 0 Å². The third-order valence-electron chi connectivity index (χ3n) is 2.39. The lowest BCUT2D eigenvalue weighted by molar-refractivity contribution is 0.202. The Bertz CT molecular complexity index is 531. The van der Waals surface area contributed by atoms with Gasteiger partial charge in [-0.2, -0.15) is 0 Å². The Morgan fingerprint density at radius 3 is 2.35 bits per heavy atom. The number of aromatic nitrogens is 1. The van der Waals surface area contributed by atoms with Gasteiger partial charge in [-0.05, 0) is 26.0 Å². The van der Waals surface area contributed by atoms with Crippen LogP contribution in [-0.4, -0.2) is 10.1 Å². The van der Waals surface area contributed by atoms with Gasteiger partial charge in [0.2, 0.25) is 0 Å². The average Bonchev–Trinajstić information content (AvgIpc) is 2.60. The van der Waals surface area contributed by atoms with Crippen molar-refractivity contribution in [3.8, 4) is 10.6 Å². The highest BCUT2D eigenvalue weighted by Crippen LogP contribution is 2.34. The van der Waals surface area contributed by atoms with Gasteiger partial charge in [-0.3, -0.25) is 0 Å². The topological polar surface area (TPSA) is 33.1 Å². The van der Waals surface area contributed by atoms with Gasteiger partial charge in [0.15, 0.2) is 0 Å². The van der Waals surface area contributed by atoms with Gasteiger partial charge in [-0.1, -0.05) is 6.07 Å². The molecule has 90 valence electrons. The lowest BCUT2D eigenvalue weighted by Gasteiger charge is -2.00. The van der Waals surface area contributed by atoms with Gasteiger partial charge in [0.05, 0.1) is 22.2 Å². The molecule has 0 aliphatic carbocycles. The van der Waals surface area contributed by atoms with Crippen LogP contribution in [0.4, 0.5) is 8.78 Å². The van der Waals surface area contributed by atoms with Crippen molar-refractivity contribution in [3.05, 3.63) is 40.4 Å². The first-order valence-corrected chi connectivity index (χ1v) is 5.92. The van der Waals surface area contributed by atoms with Crippen LogP contribution in [0.15, 0.2) is 18.2 Å².